The van der Waals surface area contributed by atoms with Crippen molar-refractivity contribution in [1.29, 1.82) is 0 Å². The van der Waals surface area contributed by atoms with Crippen LogP contribution in [0.5, 0.6) is 0 Å². The Labute approximate surface area is 112 Å². The van der Waals surface area contributed by atoms with E-state index in [9.17, 15) is 4.79 Å². The van der Waals surface area contributed by atoms with Crippen LogP contribution in [0.1, 0.15) is 42.5 Å². The minimum absolute atomic E-state index is 0.0182. The van der Waals surface area contributed by atoms with Gasteiger partial charge in [0.05, 0.1) is 12.0 Å². The van der Waals surface area contributed by atoms with Crippen molar-refractivity contribution in [2.24, 2.45) is 0 Å². The van der Waals surface area contributed by atoms with Crippen molar-refractivity contribution in [2.75, 3.05) is 5.32 Å². The molecule has 1 heterocycles. The average Bonchev–Trinajstić information content (AvgIpc) is 2.91. The van der Waals surface area contributed by atoms with Gasteiger partial charge in [0.2, 0.25) is 5.91 Å². The molecule has 1 amide bonds. The molecule has 0 bridgehead atoms. The van der Waals surface area contributed by atoms with Crippen LogP contribution in [0, 0.1) is 0 Å². The van der Waals surface area contributed by atoms with E-state index in [1.54, 1.807) is 13.3 Å². The first-order chi connectivity index (χ1) is 9.25. The van der Waals surface area contributed by atoms with E-state index >= 15 is 0 Å². The van der Waals surface area contributed by atoms with Crippen molar-refractivity contribution in [1.82, 2.24) is 9.97 Å². The number of nitrogens with one attached hydrogen (secondary N) is 2. The van der Waals surface area contributed by atoms with Gasteiger partial charge in [0, 0.05) is 24.7 Å². The molecule has 1 aromatic carbocycles. The summed E-state index contributed by atoms with van der Waals surface area (Å²) in [6.07, 6.45) is 6.95. The maximum Gasteiger partial charge on any atom is 0.221 e. The lowest BCUT2D eigenvalue weighted by Gasteiger charge is -2.26. The molecule has 2 aromatic rings. The second-order valence-electron chi connectivity index (χ2n) is 4.99. The summed E-state index contributed by atoms with van der Waals surface area (Å²) >= 11 is 0. The first-order valence-electron chi connectivity index (χ1n) is 6.64. The highest BCUT2D eigenvalue weighted by atomic mass is 16.1. The van der Waals surface area contributed by atoms with Crippen molar-refractivity contribution >= 4 is 11.6 Å². The van der Waals surface area contributed by atoms with Crippen molar-refractivity contribution in [2.45, 2.75) is 32.1 Å². The fourth-order valence-corrected chi connectivity index (χ4v) is 2.92. The second-order valence-corrected chi connectivity index (χ2v) is 4.99. The van der Waals surface area contributed by atoms with Crippen molar-refractivity contribution in [3.05, 3.63) is 47.5 Å². The summed E-state index contributed by atoms with van der Waals surface area (Å²) in [7, 11) is 0. The fourth-order valence-electron chi connectivity index (χ4n) is 2.92. The van der Waals surface area contributed by atoms with E-state index in [0.717, 1.165) is 30.6 Å². The van der Waals surface area contributed by atoms with Crippen LogP contribution in [0.15, 0.2) is 30.7 Å². The summed E-state index contributed by atoms with van der Waals surface area (Å²) < 4.78 is 0. The van der Waals surface area contributed by atoms with E-state index in [1.165, 1.54) is 11.1 Å². The largest absolute Gasteiger partial charge is 0.351 e. The van der Waals surface area contributed by atoms with Gasteiger partial charge in [-0.15, -0.1) is 0 Å². The zero-order valence-corrected chi connectivity index (χ0v) is 10.9. The Balaban J connectivity index is 2.03. The summed E-state index contributed by atoms with van der Waals surface area (Å²) in [6.45, 7) is 1.55. The van der Waals surface area contributed by atoms with Gasteiger partial charge in [-0.1, -0.05) is 12.1 Å². The molecule has 3 rings (SSSR count). The number of hydrogen-bond donors (Lipinski definition) is 2. The molecule has 0 saturated heterocycles. The van der Waals surface area contributed by atoms with E-state index in [1.807, 2.05) is 18.3 Å². The van der Waals surface area contributed by atoms with E-state index in [2.05, 4.69) is 21.4 Å². The number of rotatable bonds is 2. The standard InChI is InChI=1S/C15H17N3O/c1-10(19)18-14-7-3-4-11-12(14)5-2-6-13(11)15-8-16-9-17-15/h3-4,7-9,13H,2,5-6H2,1H3,(H,16,17)(H,18,19). The predicted molar refractivity (Wildman–Crippen MR) is 74.1 cm³/mol. The van der Waals surface area contributed by atoms with Crippen LogP contribution in [0.3, 0.4) is 0 Å². The summed E-state index contributed by atoms with van der Waals surface area (Å²) in [5, 5.41) is 2.93. The highest BCUT2D eigenvalue weighted by molar-refractivity contribution is 5.89. The average molecular weight is 255 g/mol. The molecular formula is C15H17N3O. The van der Waals surface area contributed by atoms with Crippen molar-refractivity contribution in [3.63, 3.8) is 0 Å². The number of imidazole rings is 1. The van der Waals surface area contributed by atoms with Crippen LogP contribution >= 0.6 is 0 Å². The zero-order valence-electron chi connectivity index (χ0n) is 10.9. The molecule has 0 spiro atoms. The Kier molecular flexibility index (Phi) is 3.07. The molecule has 0 radical (unpaired) electrons. The molecule has 4 heteroatoms. The Hall–Kier alpha value is -2.10. The van der Waals surface area contributed by atoms with E-state index in [-0.39, 0.29) is 5.91 Å². The molecule has 98 valence electrons. The summed E-state index contributed by atoms with van der Waals surface area (Å²) in [5.74, 6) is 0.319. The molecule has 0 saturated carbocycles. The smallest absolute Gasteiger partial charge is 0.221 e. The third-order valence-electron chi connectivity index (χ3n) is 3.69. The van der Waals surface area contributed by atoms with Crippen molar-refractivity contribution in [3.8, 4) is 0 Å². The molecule has 0 aliphatic heterocycles. The molecule has 19 heavy (non-hydrogen) atoms. The third-order valence-corrected chi connectivity index (χ3v) is 3.69. The van der Waals surface area contributed by atoms with Gasteiger partial charge in [-0.25, -0.2) is 4.98 Å². The Morgan fingerprint density at radius 3 is 3.11 bits per heavy atom. The van der Waals surface area contributed by atoms with Gasteiger partial charge in [-0.2, -0.15) is 0 Å². The number of benzene rings is 1. The minimum Gasteiger partial charge on any atom is -0.351 e. The third kappa shape index (κ3) is 2.26. The first kappa shape index (κ1) is 12.0. The Bertz CT molecular complexity index is 589. The number of amides is 1. The molecule has 0 fully saturated rings. The van der Waals surface area contributed by atoms with Gasteiger partial charge in [0.1, 0.15) is 0 Å². The van der Waals surface area contributed by atoms with Gasteiger partial charge in [-0.05, 0) is 36.5 Å². The van der Waals surface area contributed by atoms with Crippen LogP contribution in [-0.4, -0.2) is 15.9 Å². The van der Waals surface area contributed by atoms with E-state index < -0.39 is 0 Å². The number of H-pyrrole nitrogens is 1. The number of fused-ring (bicyclic) bond motifs is 1. The van der Waals surface area contributed by atoms with Gasteiger partial charge in [-0.3, -0.25) is 4.79 Å². The van der Waals surface area contributed by atoms with Crippen LogP contribution < -0.4 is 5.32 Å². The molecule has 2 N–H and O–H groups in total. The number of aromatic amines is 1. The molecule has 1 atom stereocenters. The highest BCUT2D eigenvalue weighted by Gasteiger charge is 2.24. The molecule has 1 aromatic heterocycles. The summed E-state index contributed by atoms with van der Waals surface area (Å²) in [4.78, 5) is 18.7. The lowest BCUT2D eigenvalue weighted by molar-refractivity contribution is -0.114. The topological polar surface area (TPSA) is 57.8 Å². The summed E-state index contributed by atoms with van der Waals surface area (Å²) in [6, 6.07) is 6.14. The molecule has 1 aliphatic carbocycles. The number of hydrogen-bond acceptors (Lipinski definition) is 2. The lowest BCUT2D eigenvalue weighted by atomic mass is 9.80. The first-order valence-corrected chi connectivity index (χ1v) is 6.64. The maximum absolute atomic E-state index is 11.3. The molecule has 1 unspecified atom stereocenters. The van der Waals surface area contributed by atoms with Gasteiger partial charge in [0.25, 0.3) is 0 Å². The lowest BCUT2D eigenvalue weighted by Crippen LogP contribution is -2.15. The Morgan fingerprint density at radius 2 is 2.37 bits per heavy atom. The van der Waals surface area contributed by atoms with Gasteiger partial charge >= 0.3 is 0 Å². The number of anilines is 1. The minimum atomic E-state index is -0.0182. The molecular weight excluding hydrogens is 238 g/mol. The normalized spacial score (nSPS) is 17.8. The number of nitrogens with zero attached hydrogens (tertiary/aromatic N) is 1. The van der Waals surface area contributed by atoms with E-state index in [0.29, 0.717) is 5.92 Å². The Morgan fingerprint density at radius 1 is 1.47 bits per heavy atom. The quantitative estimate of drug-likeness (QED) is 0.867. The SMILES string of the molecule is CC(=O)Nc1cccc2c1CCCC2c1c[nH]cn1. The summed E-state index contributed by atoms with van der Waals surface area (Å²) in [5.41, 5.74) is 4.59. The predicted octanol–water partition coefficient (Wildman–Crippen LogP) is 2.84. The van der Waals surface area contributed by atoms with Gasteiger partial charge < -0.3 is 10.3 Å². The number of carbonyl (C=O) groups is 1. The van der Waals surface area contributed by atoms with Crippen LogP contribution in [0.4, 0.5) is 5.69 Å². The fraction of sp³-hybridized carbons (Fsp3) is 0.333. The molecule has 1 aliphatic rings. The highest BCUT2D eigenvalue weighted by Crippen LogP contribution is 2.38. The molecule has 4 nitrogen and oxygen atoms in total. The second kappa shape index (κ2) is 4.88. The van der Waals surface area contributed by atoms with Crippen LogP contribution in [0.25, 0.3) is 0 Å². The van der Waals surface area contributed by atoms with Crippen LogP contribution in [-0.2, 0) is 11.2 Å². The zero-order chi connectivity index (χ0) is 13.2. The monoisotopic (exact) mass is 255 g/mol. The maximum atomic E-state index is 11.3. The van der Waals surface area contributed by atoms with E-state index in [4.69, 9.17) is 0 Å². The number of carbonyl (C=O) groups excluding carboxylic acids is 1. The van der Waals surface area contributed by atoms with Gasteiger partial charge in [0.15, 0.2) is 0 Å². The van der Waals surface area contributed by atoms with Crippen molar-refractivity contribution < 1.29 is 4.79 Å². The number of aromatic nitrogens is 2. The van der Waals surface area contributed by atoms with Crippen LogP contribution in [0.2, 0.25) is 0 Å².